The zero-order valence-electron chi connectivity index (χ0n) is 15.3. The smallest absolute Gasteiger partial charge is 0.340 e. The Morgan fingerprint density at radius 3 is 2.31 bits per heavy atom. The molecule has 0 bridgehead atoms. The van der Waals surface area contributed by atoms with Crippen LogP contribution in [0, 0.1) is 0 Å². The molecular formula is C17H25N3O5S. The number of benzene rings is 1. The van der Waals surface area contributed by atoms with Crippen molar-refractivity contribution in [2.24, 2.45) is 0 Å². The Balaban J connectivity index is 2.25. The van der Waals surface area contributed by atoms with Crippen LogP contribution in [0.15, 0.2) is 24.3 Å². The molecule has 1 saturated heterocycles. The van der Waals surface area contributed by atoms with E-state index in [9.17, 15) is 18.0 Å². The minimum absolute atomic E-state index is 0.101. The molecule has 1 aliphatic rings. The van der Waals surface area contributed by atoms with Gasteiger partial charge in [-0.2, -0.15) is 0 Å². The number of esters is 1. The summed E-state index contributed by atoms with van der Waals surface area (Å²) in [5, 5.41) is 0. The fourth-order valence-electron chi connectivity index (χ4n) is 2.89. The number of piperazine rings is 1. The number of carbonyl (C=O) groups is 2. The Morgan fingerprint density at radius 2 is 1.77 bits per heavy atom. The van der Waals surface area contributed by atoms with Crippen molar-refractivity contribution in [3.63, 3.8) is 0 Å². The SMILES string of the molecule is CCN1CCN(C(=O)CN(c2ccccc2C(=O)OC)S(C)(=O)=O)CC1. The lowest BCUT2D eigenvalue weighted by Crippen LogP contribution is -2.51. The maximum Gasteiger partial charge on any atom is 0.340 e. The van der Waals surface area contributed by atoms with E-state index in [0.717, 1.165) is 30.2 Å². The van der Waals surface area contributed by atoms with E-state index in [2.05, 4.69) is 11.8 Å². The minimum atomic E-state index is -3.76. The number of hydrogen-bond acceptors (Lipinski definition) is 6. The molecule has 0 spiro atoms. The molecule has 2 rings (SSSR count). The van der Waals surface area contributed by atoms with Crippen molar-refractivity contribution in [1.82, 2.24) is 9.80 Å². The van der Waals surface area contributed by atoms with Gasteiger partial charge in [-0.3, -0.25) is 9.10 Å². The van der Waals surface area contributed by atoms with Crippen LogP contribution >= 0.6 is 0 Å². The third-order valence-corrected chi connectivity index (χ3v) is 5.56. The molecule has 144 valence electrons. The lowest BCUT2D eigenvalue weighted by Gasteiger charge is -2.35. The van der Waals surface area contributed by atoms with Crippen LogP contribution in [0.5, 0.6) is 0 Å². The predicted molar refractivity (Wildman–Crippen MR) is 98.7 cm³/mol. The fraction of sp³-hybridized carbons (Fsp3) is 0.529. The predicted octanol–water partition coefficient (Wildman–Crippen LogP) is 0.403. The van der Waals surface area contributed by atoms with E-state index < -0.39 is 16.0 Å². The number of anilines is 1. The number of methoxy groups -OCH3 is 1. The second-order valence-corrected chi connectivity index (χ2v) is 8.00. The van der Waals surface area contributed by atoms with Crippen LogP contribution in [0.2, 0.25) is 0 Å². The van der Waals surface area contributed by atoms with Gasteiger partial charge < -0.3 is 14.5 Å². The molecule has 8 nitrogen and oxygen atoms in total. The van der Waals surface area contributed by atoms with Gasteiger partial charge in [-0.05, 0) is 18.7 Å². The second-order valence-electron chi connectivity index (χ2n) is 6.09. The summed E-state index contributed by atoms with van der Waals surface area (Å²) in [7, 11) is -2.54. The molecule has 1 aromatic carbocycles. The Morgan fingerprint density at radius 1 is 1.15 bits per heavy atom. The zero-order valence-corrected chi connectivity index (χ0v) is 16.2. The average Bonchev–Trinajstić information content (AvgIpc) is 2.64. The number of sulfonamides is 1. The number of ether oxygens (including phenoxy) is 1. The van der Waals surface area contributed by atoms with Gasteiger partial charge in [0.25, 0.3) is 0 Å². The van der Waals surface area contributed by atoms with Gasteiger partial charge in [-0.25, -0.2) is 13.2 Å². The van der Waals surface area contributed by atoms with Crippen LogP contribution in [-0.2, 0) is 19.6 Å². The number of carbonyl (C=O) groups excluding carboxylic acids is 2. The molecule has 9 heteroatoms. The van der Waals surface area contributed by atoms with Gasteiger partial charge in [0.15, 0.2) is 0 Å². The largest absolute Gasteiger partial charge is 0.465 e. The quantitative estimate of drug-likeness (QED) is 0.661. The zero-order chi connectivity index (χ0) is 19.3. The molecule has 0 unspecified atom stereocenters. The molecular weight excluding hydrogens is 358 g/mol. The number of amides is 1. The highest BCUT2D eigenvalue weighted by Gasteiger charge is 2.28. The van der Waals surface area contributed by atoms with Crippen LogP contribution in [0.25, 0.3) is 0 Å². The highest BCUT2D eigenvalue weighted by atomic mass is 32.2. The highest BCUT2D eigenvalue weighted by Crippen LogP contribution is 2.24. The van der Waals surface area contributed by atoms with Crippen molar-refractivity contribution < 1.29 is 22.7 Å². The van der Waals surface area contributed by atoms with Crippen molar-refractivity contribution in [3.05, 3.63) is 29.8 Å². The molecule has 0 atom stereocenters. The molecule has 1 aliphatic heterocycles. The minimum Gasteiger partial charge on any atom is -0.465 e. The van der Waals surface area contributed by atoms with Crippen molar-refractivity contribution >= 4 is 27.6 Å². The molecule has 0 saturated carbocycles. The van der Waals surface area contributed by atoms with Gasteiger partial charge >= 0.3 is 5.97 Å². The lowest BCUT2D eigenvalue weighted by atomic mass is 10.2. The molecule has 1 amide bonds. The maximum atomic E-state index is 12.7. The van der Waals surface area contributed by atoms with Crippen molar-refractivity contribution in [3.8, 4) is 0 Å². The molecule has 1 aromatic rings. The van der Waals surface area contributed by atoms with E-state index in [0.29, 0.717) is 13.1 Å². The summed E-state index contributed by atoms with van der Waals surface area (Å²) < 4.78 is 30.3. The van der Waals surface area contributed by atoms with Gasteiger partial charge in [0.05, 0.1) is 24.6 Å². The molecule has 1 fully saturated rings. The summed E-state index contributed by atoms with van der Waals surface area (Å²) >= 11 is 0. The first-order chi connectivity index (χ1) is 12.3. The van der Waals surface area contributed by atoms with Gasteiger partial charge in [0.2, 0.25) is 15.9 Å². The van der Waals surface area contributed by atoms with E-state index in [1.165, 1.54) is 19.2 Å². The van der Waals surface area contributed by atoms with Crippen molar-refractivity contribution in [1.29, 1.82) is 0 Å². The molecule has 1 heterocycles. The number of nitrogens with zero attached hydrogens (tertiary/aromatic N) is 3. The van der Waals surface area contributed by atoms with E-state index in [1.807, 2.05) is 0 Å². The number of likely N-dealkylation sites (N-methyl/N-ethyl adjacent to an activating group) is 1. The van der Waals surface area contributed by atoms with Gasteiger partial charge in [0.1, 0.15) is 6.54 Å². The first kappa shape index (κ1) is 20.2. The third kappa shape index (κ3) is 4.73. The molecule has 0 aliphatic carbocycles. The summed E-state index contributed by atoms with van der Waals surface area (Å²) in [6.07, 6.45) is 1.02. The summed E-state index contributed by atoms with van der Waals surface area (Å²) in [4.78, 5) is 28.5. The third-order valence-electron chi connectivity index (χ3n) is 4.43. The normalized spacial score (nSPS) is 15.6. The maximum absolute atomic E-state index is 12.7. The van der Waals surface area contributed by atoms with Gasteiger partial charge in [0, 0.05) is 26.2 Å². The molecule has 26 heavy (non-hydrogen) atoms. The summed E-state index contributed by atoms with van der Waals surface area (Å²) in [5.74, 6) is -0.941. The summed E-state index contributed by atoms with van der Waals surface area (Å²) in [5.41, 5.74) is 0.242. The Kier molecular flexibility index (Phi) is 6.60. The van der Waals surface area contributed by atoms with Gasteiger partial charge in [-0.15, -0.1) is 0 Å². The molecule has 0 N–H and O–H groups in total. The van der Waals surface area contributed by atoms with Crippen molar-refractivity contribution in [2.75, 3.05) is 56.9 Å². The Bertz CT molecular complexity index is 757. The summed E-state index contributed by atoms with van der Waals surface area (Å²) in [6, 6.07) is 6.20. The average molecular weight is 383 g/mol. The van der Waals surface area contributed by atoms with Crippen LogP contribution < -0.4 is 4.31 Å². The molecule has 0 radical (unpaired) electrons. The second kappa shape index (κ2) is 8.50. The van der Waals surface area contributed by atoms with E-state index >= 15 is 0 Å². The summed E-state index contributed by atoms with van der Waals surface area (Å²) in [6.45, 7) is 5.28. The first-order valence-electron chi connectivity index (χ1n) is 8.43. The van der Waals surface area contributed by atoms with E-state index in [1.54, 1.807) is 17.0 Å². The van der Waals surface area contributed by atoms with Crippen LogP contribution in [0.3, 0.4) is 0 Å². The topological polar surface area (TPSA) is 87.2 Å². The monoisotopic (exact) mass is 383 g/mol. The number of rotatable bonds is 6. The highest BCUT2D eigenvalue weighted by molar-refractivity contribution is 7.92. The van der Waals surface area contributed by atoms with Crippen molar-refractivity contribution in [2.45, 2.75) is 6.92 Å². The lowest BCUT2D eigenvalue weighted by molar-refractivity contribution is -0.131. The number of hydrogen-bond donors (Lipinski definition) is 0. The number of para-hydroxylation sites is 1. The Hall–Kier alpha value is -2.13. The van der Waals surface area contributed by atoms with Crippen LogP contribution in [0.4, 0.5) is 5.69 Å². The van der Waals surface area contributed by atoms with E-state index in [-0.39, 0.29) is 23.7 Å². The van der Waals surface area contributed by atoms with Crippen LogP contribution in [-0.4, -0.2) is 82.7 Å². The standard InChI is InChI=1S/C17H25N3O5S/c1-4-18-9-11-19(12-10-18)16(21)13-20(26(3,23)24)15-8-6-5-7-14(15)17(22)25-2/h5-8H,4,9-13H2,1-3H3. The molecule has 0 aromatic heterocycles. The first-order valence-corrected chi connectivity index (χ1v) is 10.3. The Labute approximate surface area is 154 Å². The van der Waals surface area contributed by atoms with Gasteiger partial charge in [-0.1, -0.05) is 19.1 Å². The van der Waals surface area contributed by atoms with E-state index in [4.69, 9.17) is 4.74 Å². The van der Waals surface area contributed by atoms with Crippen LogP contribution in [0.1, 0.15) is 17.3 Å². The fourth-order valence-corrected chi connectivity index (χ4v) is 3.75.